The minimum Gasteiger partial charge on any atom is -0.383 e. The molecule has 0 saturated heterocycles. The van der Waals surface area contributed by atoms with Gasteiger partial charge in [0.05, 0.1) is 6.61 Å². The SMILES string of the molecule is COCCn1cnnc1[C@H]1CC[C@H](N(Cc2ccccc2)Cc2ccccc2)CC1. The summed E-state index contributed by atoms with van der Waals surface area (Å²) in [5, 5.41) is 8.60. The van der Waals surface area contributed by atoms with Gasteiger partial charge >= 0.3 is 0 Å². The first-order chi connectivity index (χ1) is 14.8. The van der Waals surface area contributed by atoms with Gasteiger partial charge in [-0.3, -0.25) is 4.90 Å². The molecule has 0 amide bonds. The molecule has 1 aliphatic carbocycles. The Morgan fingerprint density at radius 2 is 1.50 bits per heavy atom. The zero-order chi connectivity index (χ0) is 20.6. The summed E-state index contributed by atoms with van der Waals surface area (Å²) in [5.41, 5.74) is 2.77. The lowest BCUT2D eigenvalue weighted by Crippen LogP contribution is -2.37. The molecule has 5 nitrogen and oxygen atoms in total. The third kappa shape index (κ3) is 5.35. The van der Waals surface area contributed by atoms with E-state index >= 15 is 0 Å². The van der Waals surface area contributed by atoms with Crippen molar-refractivity contribution in [3.05, 3.63) is 83.9 Å². The lowest BCUT2D eigenvalue weighted by Gasteiger charge is -2.37. The van der Waals surface area contributed by atoms with Crippen LogP contribution in [-0.2, 0) is 24.4 Å². The van der Waals surface area contributed by atoms with Crippen molar-refractivity contribution >= 4 is 0 Å². The molecule has 0 radical (unpaired) electrons. The fraction of sp³-hybridized carbons (Fsp3) is 0.440. The molecule has 1 fully saturated rings. The molecule has 0 N–H and O–H groups in total. The largest absolute Gasteiger partial charge is 0.383 e. The highest BCUT2D eigenvalue weighted by Crippen LogP contribution is 2.35. The second-order valence-corrected chi connectivity index (χ2v) is 8.26. The van der Waals surface area contributed by atoms with E-state index in [4.69, 9.17) is 4.74 Å². The van der Waals surface area contributed by atoms with Gasteiger partial charge in [0.2, 0.25) is 0 Å². The van der Waals surface area contributed by atoms with Gasteiger partial charge in [-0.15, -0.1) is 10.2 Å². The highest BCUT2D eigenvalue weighted by molar-refractivity contribution is 5.17. The van der Waals surface area contributed by atoms with Gasteiger partial charge in [-0.25, -0.2) is 0 Å². The number of nitrogens with zero attached hydrogens (tertiary/aromatic N) is 4. The number of hydrogen-bond acceptors (Lipinski definition) is 4. The van der Waals surface area contributed by atoms with E-state index in [0.29, 0.717) is 18.6 Å². The normalized spacial score (nSPS) is 19.3. The smallest absolute Gasteiger partial charge is 0.135 e. The summed E-state index contributed by atoms with van der Waals surface area (Å²) >= 11 is 0. The van der Waals surface area contributed by atoms with Gasteiger partial charge in [-0.2, -0.15) is 0 Å². The highest BCUT2D eigenvalue weighted by Gasteiger charge is 2.29. The topological polar surface area (TPSA) is 43.2 Å². The molecule has 0 atom stereocenters. The lowest BCUT2D eigenvalue weighted by atomic mass is 9.84. The zero-order valence-corrected chi connectivity index (χ0v) is 17.9. The molecule has 1 heterocycles. The Hall–Kier alpha value is -2.50. The average Bonchev–Trinajstić information content (AvgIpc) is 3.27. The molecule has 3 aromatic rings. The molecule has 30 heavy (non-hydrogen) atoms. The summed E-state index contributed by atoms with van der Waals surface area (Å²) in [7, 11) is 1.74. The Morgan fingerprint density at radius 1 is 0.900 bits per heavy atom. The molecule has 0 spiro atoms. The van der Waals surface area contributed by atoms with Crippen LogP contribution >= 0.6 is 0 Å². The van der Waals surface area contributed by atoms with Gasteiger partial charge in [0.25, 0.3) is 0 Å². The Morgan fingerprint density at radius 3 is 2.07 bits per heavy atom. The second kappa shape index (κ2) is 10.5. The van der Waals surface area contributed by atoms with Crippen molar-refractivity contribution in [1.82, 2.24) is 19.7 Å². The molecule has 158 valence electrons. The first-order valence-electron chi connectivity index (χ1n) is 11.0. The molecule has 5 heteroatoms. The van der Waals surface area contributed by atoms with E-state index < -0.39 is 0 Å². The summed E-state index contributed by atoms with van der Waals surface area (Å²) in [5.74, 6) is 1.62. The van der Waals surface area contributed by atoms with Crippen molar-refractivity contribution in [2.45, 2.75) is 57.3 Å². The number of methoxy groups -OCH3 is 1. The molecule has 1 aliphatic rings. The van der Waals surface area contributed by atoms with Crippen LogP contribution in [0.15, 0.2) is 67.0 Å². The fourth-order valence-corrected chi connectivity index (χ4v) is 4.59. The number of rotatable bonds is 9. The van der Waals surface area contributed by atoms with E-state index in [1.165, 1.54) is 24.0 Å². The highest BCUT2D eigenvalue weighted by atomic mass is 16.5. The van der Waals surface area contributed by atoms with Crippen LogP contribution in [0.2, 0.25) is 0 Å². The van der Waals surface area contributed by atoms with E-state index in [1.54, 1.807) is 7.11 Å². The van der Waals surface area contributed by atoms with Gasteiger partial charge in [0.1, 0.15) is 12.2 Å². The standard InChI is InChI=1S/C25H32N4O/c1-30-17-16-28-20-26-27-25(28)23-12-14-24(15-13-23)29(18-21-8-4-2-5-9-21)19-22-10-6-3-7-11-22/h2-11,20,23-24H,12-19H2,1H3/t23-,24-. The number of benzene rings is 2. The van der Waals surface area contributed by atoms with Crippen LogP contribution in [0.5, 0.6) is 0 Å². The van der Waals surface area contributed by atoms with E-state index in [1.807, 2.05) is 6.33 Å². The molecule has 0 unspecified atom stereocenters. The number of hydrogen-bond donors (Lipinski definition) is 0. The van der Waals surface area contributed by atoms with E-state index in [-0.39, 0.29) is 0 Å². The minimum absolute atomic E-state index is 0.496. The van der Waals surface area contributed by atoms with Crippen molar-refractivity contribution in [2.75, 3.05) is 13.7 Å². The molecule has 1 saturated carbocycles. The van der Waals surface area contributed by atoms with Crippen molar-refractivity contribution < 1.29 is 4.74 Å². The Kier molecular flexibility index (Phi) is 7.27. The molecule has 1 aromatic heterocycles. The Balaban J connectivity index is 1.43. The van der Waals surface area contributed by atoms with Crippen molar-refractivity contribution in [1.29, 1.82) is 0 Å². The monoisotopic (exact) mass is 404 g/mol. The first-order valence-corrected chi connectivity index (χ1v) is 11.0. The summed E-state index contributed by atoms with van der Waals surface area (Å²) in [6, 6.07) is 22.3. The maximum Gasteiger partial charge on any atom is 0.135 e. The lowest BCUT2D eigenvalue weighted by molar-refractivity contribution is 0.131. The van der Waals surface area contributed by atoms with Gasteiger partial charge in [-0.05, 0) is 36.8 Å². The number of aromatic nitrogens is 3. The molecular weight excluding hydrogens is 372 g/mol. The maximum atomic E-state index is 5.24. The van der Waals surface area contributed by atoms with E-state index in [9.17, 15) is 0 Å². The van der Waals surface area contributed by atoms with Crippen LogP contribution in [0.3, 0.4) is 0 Å². The molecule has 0 aliphatic heterocycles. The van der Waals surface area contributed by atoms with Crippen LogP contribution < -0.4 is 0 Å². The summed E-state index contributed by atoms with van der Waals surface area (Å²) in [4.78, 5) is 2.66. The van der Waals surface area contributed by atoms with Gasteiger partial charge in [-0.1, -0.05) is 60.7 Å². The third-order valence-electron chi connectivity index (χ3n) is 6.22. The Labute approximate surface area is 179 Å². The maximum absolute atomic E-state index is 5.24. The first kappa shape index (κ1) is 20.8. The van der Waals surface area contributed by atoms with Gasteiger partial charge in [0.15, 0.2) is 0 Å². The minimum atomic E-state index is 0.496. The fourth-order valence-electron chi connectivity index (χ4n) is 4.59. The second-order valence-electron chi connectivity index (χ2n) is 8.26. The van der Waals surface area contributed by atoms with Crippen LogP contribution in [0.25, 0.3) is 0 Å². The van der Waals surface area contributed by atoms with Gasteiger partial charge < -0.3 is 9.30 Å². The quantitative estimate of drug-likeness (QED) is 0.521. The van der Waals surface area contributed by atoms with Crippen LogP contribution in [0.1, 0.15) is 48.6 Å². The number of ether oxygens (including phenoxy) is 1. The van der Waals surface area contributed by atoms with Crippen molar-refractivity contribution in [3.63, 3.8) is 0 Å². The molecule has 4 rings (SSSR count). The summed E-state index contributed by atoms with van der Waals surface area (Å²) < 4.78 is 7.40. The molecule has 0 bridgehead atoms. The van der Waals surface area contributed by atoms with Gasteiger partial charge in [0, 0.05) is 38.7 Å². The van der Waals surface area contributed by atoms with E-state index in [0.717, 1.165) is 38.3 Å². The summed E-state index contributed by atoms with van der Waals surface area (Å²) in [6.07, 6.45) is 6.56. The predicted molar refractivity (Wildman–Crippen MR) is 119 cm³/mol. The van der Waals surface area contributed by atoms with Crippen LogP contribution in [-0.4, -0.2) is 39.4 Å². The predicted octanol–water partition coefficient (Wildman–Crippen LogP) is 4.65. The average molecular weight is 405 g/mol. The van der Waals surface area contributed by atoms with Crippen LogP contribution in [0.4, 0.5) is 0 Å². The summed E-state index contributed by atoms with van der Waals surface area (Å²) in [6.45, 7) is 3.51. The third-order valence-corrected chi connectivity index (χ3v) is 6.22. The molecule has 2 aromatic carbocycles. The van der Waals surface area contributed by atoms with E-state index in [2.05, 4.69) is 80.3 Å². The van der Waals surface area contributed by atoms with Crippen LogP contribution in [0, 0.1) is 0 Å². The zero-order valence-electron chi connectivity index (χ0n) is 17.9. The van der Waals surface area contributed by atoms with Crippen molar-refractivity contribution in [2.24, 2.45) is 0 Å². The Bertz CT molecular complexity index is 831. The molecular formula is C25H32N4O. The van der Waals surface area contributed by atoms with Crippen molar-refractivity contribution in [3.8, 4) is 0 Å².